The van der Waals surface area contributed by atoms with Crippen molar-refractivity contribution in [3.63, 3.8) is 0 Å². The van der Waals surface area contributed by atoms with Gasteiger partial charge in [-0.3, -0.25) is 4.79 Å². The molecule has 0 spiro atoms. The van der Waals surface area contributed by atoms with Crippen molar-refractivity contribution in [2.24, 2.45) is 46.3 Å². The maximum atomic E-state index is 12.1. The molecule has 0 aliphatic heterocycles. The van der Waals surface area contributed by atoms with Crippen molar-refractivity contribution in [3.05, 3.63) is 0 Å². The molecule has 178 valence electrons. The van der Waals surface area contributed by atoms with E-state index in [2.05, 4.69) is 20.8 Å². The largest absolute Gasteiger partial charge is 0.393 e. The molecule has 4 rings (SSSR count). The number of carbonyl (C=O) groups is 1. The molecular formula is C27H46O4. The van der Waals surface area contributed by atoms with Gasteiger partial charge in [-0.25, -0.2) is 0 Å². The molecule has 0 aromatic carbocycles. The summed E-state index contributed by atoms with van der Waals surface area (Å²) >= 11 is 0. The molecule has 4 aliphatic rings. The first-order valence-corrected chi connectivity index (χ1v) is 13.0. The van der Waals surface area contributed by atoms with Crippen molar-refractivity contribution in [2.45, 2.75) is 117 Å². The number of aliphatic hydroxyl groups excluding tert-OH is 2. The Morgan fingerprint density at radius 2 is 1.74 bits per heavy atom. The average Bonchev–Trinajstić information content (AvgIpc) is 3.03. The third-order valence-corrected chi connectivity index (χ3v) is 11.0. The summed E-state index contributed by atoms with van der Waals surface area (Å²) in [5, 5.41) is 31.7. The molecule has 4 unspecified atom stereocenters. The van der Waals surface area contributed by atoms with E-state index in [1.807, 2.05) is 0 Å². The van der Waals surface area contributed by atoms with E-state index in [-0.39, 0.29) is 16.9 Å². The lowest BCUT2D eigenvalue weighted by molar-refractivity contribution is -0.169. The van der Waals surface area contributed by atoms with Crippen LogP contribution in [0.3, 0.4) is 0 Å². The second-order valence-electron chi connectivity index (χ2n) is 13.0. The van der Waals surface area contributed by atoms with E-state index in [9.17, 15) is 20.1 Å². The normalized spacial score (nSPS) is 47.3. The van der Waals surface area contributed by atoms with Crippen LogP contribution in [0.25, 0.3) is 0 Å². The first-order valence-electron chi connectivity index (χ1n) is 13.0. The summed E-state index contributed by atoms with van der Waals surface area (Å²) < 4.78 is 0. The van der Waals surface area contributed by atoms with E-state index in [0.717, 1.165) is 25.7 Å². The first-order chi connectivity index (χ1) is 14.4. The molecule has 0 aromatic heterocycles. The molecule has 4 aliphatic carbocycles. The third kappa shape index (κ3) is 3.93. The molecule has 0 bridgehead atoms. The van der Waals surface area contributed by atoms with Gasteiger partial charge in [-0.1, -0.05) is 20.8 Å². The minimum Gasteiger partial charge on any atom is -0.393 e. The van der Waals surface area contributed by atoms with Gasteiger partial charge in [0.2, 0.25) is 0 Å². The summed E-state index contributed by atoms with van der Waals surface area (Å²) in [6, 6.07) is 0. The van der Waals surface area contributed by atoms with Gasteiger partial charge in [-0.2, -0.15) is 0 Å². The highest BCUT2D eigenvalue weighted by atomic mass is 16.3. The smallest absolute Gasteiger partial charge is 0.133 e. The first kappa shape index (κ1) is 23.7. The molecule has 4 heteroatoms. The SMILES string of the molecule is C[C@H](CCC(O)C(C)(C)O)C1CC[C@H]2[C@@H]3C(O)C[C@@H]4CC(=O)CC[C@]4(C)[C@H]3CCC12C. The predicted molar refractivity (Wildman–Crippen MR) is 122 cm³/mol. The van der Waals surface area contributed by atoms with Crippen molar-refractivity contribution < 1.29 is 20.1 Å². The minimum absolute atomic E-state index is 0.222. The molecule has 0 radical (unpaired) electrons. The molecule has 31 heavy (non-hydrogen) atoms. The van der Waals surface area contributed by atoms with Crippen LogP contribution in [0.15, 0.2) is 0 Å². The van der Waals surface area contributed by atoms with Crippen molar-refractivity contribution in [2.75, 3.05) is 0 Å². The van der Waals surface area contributed by atoms with Crippen LogP contribution in [-0.4, -0.2) is 38.9 Å². The highest BCUT2D eigenvalue weighted by Gasteiger charge is 2.62. The number of fused-ring (bicyclic) bond motifs is 5. The van der Waals surface area contributed by atoms with E-state index >= 15 is 0 Å². The molecular weight excluding hydrogens is 388 g/mol. The fraction of sp³-hybridized carbons (Fsp3) is 0.963. The second-order valence-corrected chi connectivity index (χ2v) is 13.0. The van der Waals surface area contributed by atoms with Crippen LogP contribution in [0, 0.1) is 46.3 Å². The maximum Gasteiger partial charge on any atom is 0.133 e. The predicted octanol–water partition coefficient (Wildman–Crippen LogP) is 4.73. The molecule has 0 heterocycles. The van der Waals surface area contributed by atoms with Crippen LogP contribution in [0.4, 0.5) is 0 Å². The summed E-state index contributed by atoms with van der Waals surface area (Å²) in [7, 11) is 0. The quantitative estimate of drug-likeness (QED) is 0.584. The number of ketones is 1. The van der Waals surface area contributed by atoms with Crippen LogP contribution in [-0.2, 0) is 4.79 Å². The van der Waals surface area contributed by atoms with Crippen molar-refractivity contribution in [1.29, 1.82) is 0 Å². The average molecular weight is 435 g/mol. The number of Topliss-reactive ketones (excluding diaryl/α,β-unsaturated/α-hetero) is 1. The molecule has 3 N–H and O–H groups in total. The minimum atomic E-state index is -1.04. The Balaban J connectivity index is 1.50. The lowest BCUT2D eigenvalue weighted by Gasteiger charge is -2.62. The van der Waals surface area contributed by atoms with E-state index in [4.69, 9.17) is 0 Å². The summed E-state index contributed by atoms with van der Waals surface area (Å²) in [6.45, 7) is 10.6. The maximum absolute atomic E-state index is 12.1. The van der Waals surface area contributed by atoms with Gasteiger partial charge in [0.15, 0.2) is 0 Å². The number of hydrogen-bond acceptors (Lipinski definition) is 4. The Hall–Kier alpha value is -0.450. The highest BCUT2D eigenvalue weighted by molar-refractivity contribution is 5.79. The van der Waals surface area contributed by atoms with Gasteiger partial charge >= 0.3 is 0 Å². The Morgan fingerprint density at radius 3 is 2.42 bits per heavy atom. The van der Waals surface area contributed by atoms with Gasteiger partial charge in [0, 0.05) is 12.8 Å². The fourth-order valence-corrected chi connectivity index (χ4v) is 8.96. The van der Waals surface area contributed by atoms with E-state index < -0.39 is 11.7 Å². The molecule has 4 saturated carbocycles. The Kier molecular flexibility index (Phi) is 6.19. The van der Waals surface area contributed by atoms with Crippen molar-refractivity contribution in [1.82, 2.24) is 0 Å². The molecule has 0 aromatic rings. The standard InChI is InChI=1S/C27H46O4/c1-16(6-9-23(30)25(2,3)31)19-7-8-20-24-21(11-13-27(19,20)5)26(4)12-10-18(28)14-17(26)15-22(24)29/h16-17,19-24,29-31H,6-15H2,1-5H3/t16-,17+,19?,20+,21+,22?,23?,24+,26+,27?/m1/s1. The summed E-state index contributed by atoms with van der Waals surface area (Å²) in [5.74, 6) is 3.41. The monoisotopic (exact) mass is 434 g/mol. The Labute approximate surface area is 189 Å². The Bertz CT molecular complexity index is 683. The topological polar surface area (TPSA) is 77.8 Å². The number of hydrogen-bond donors (Lipinski definition) is 3. The fourth-order valence-electron chi connectivity index (χ4n) is 8.96. The van der Waals surface area contributed by atoms with Crippen molar-refractivity contribution >= 4 is 5.78 Å². The van der Waals surface area contributed by atoms with E-state index in [0.29, 0.717) is 54.1 Å². The lowest BCUT2D eigenvalue weighted by atomic mass is 9.44. The van der Waals surface area contributed by atoms with Gasteiger partial charge in [-0.05, 0) is 112 Å². The zero-order valence-electron chi connectivity index (χ0n) is 20.4. The second kappa shape index (κ2) is 8.09. The van der Waals surface area contributed by atoms with E-state index in [1.165, 1.54) is 25.7 Å². The van der Waals surface area contributed by atoms with Crippen LogP contribution < -0.4 is 0 Å². The zero-order valence-corrected chi connectivity index (χ0v) is 20.4. The van der Waals surface area contributed by atoms with Crippen LogP contribution >= 0.6 is 0 Å². The van der Waals surface area contributed by atoms with Gasteiger partial charge in [0.05, 0.1) is 17.8 Å². The molecule has 10 atom stereocenters. The zero-order chi connectivity index (χ0) is 22.8. The van der Waals surface area contributed by atoms with Gasteiger partial charge in [0.1, 0.15) is 5.78 Å². The number of rotatable bonds is 5. The van der Waals surface area contributed by atoms with Gasteiger partial charge in [-0.15, -0.1) is 0 Å². The van der Waals surface area contributed by atoms with Crippen LogP contribution in [0.1, 0.15) is 98.8 Å². The highest BCUT2D eigenvalue weighted by Crippen LogP contribution is 2.68. The Morgan fingerprint density at radius 1 is 1.06 bits per heavy atom. The van der Waals surface area contributed by atoms with Crippen LogP contribution in [0.5, 0.6) is 0 Å². The summed E-state index contributed by atoms with van der Waals surface area (Å²) in [6.07, 6.45) is 8.73. The van der Waals surface area contributed by atoms with E-state index in [1.54, 1.807) is 13.8 Å². The lowest BCUT2D eigenvalue weighted by Crippen LogP contribution is -2.58. The summed E-state index contributed by atoms with van der Waals surface area (Å²) in [5.41, 5.74) is -0.561. The number of aliphatic hydroxyl groups is 3. The van der Waals surface area contributed by atoms with Gasteiger partial charge < -0.3 is 15.3 Å². The molecule has 4 fully saturated rings. The molecule has 4 nitrogen and oxygen atoms in total. The summed E-state index contributed by atoms with van der Waals surface area (Å²) in [4.78, 5) is 12.1. The van der Waals surface area contributed by atoms with Gasteiger partial charge in [0.25, 0.3) is 0 Å². The molecule has 0 saturated heterocycles. The molecule has 0 amide bonds. The number of carbonyl (C=O) groups excluding carboxylic acids is 1. The van der Waals surface area contributed by atoms with Crippen LogP contribution in [0.2, 0.25) is 0 Å². The van der Waals surface area contributed by atoms with Crippen molar-refractivity contribution in [3.8, 4) is 0 Å². The third-order valence-electron chi connectivity index (χ3n) is 11.0.